The van der Waals surface area contributed by atoms with Crippen LogP contribution in [0.3, 0.4) is 0 Å². The third kappa shape index (κ3) is 2.70. The van der Waals surface area contributed by atoms with Gasteiger partial charge >= 0.3 is 0 Å². The minimum atomic E-state index is -2.80. The Hall–Kier alpha value is -1.60. The molecule has 1 aliphatic heterocycles. The number of nitrogens with one attached hydrogen (secondary N) is 2. The molecule has 22 heavy (non-hydrogen) atoms. The number of fused-ring (bicyclic) bond motifs is 1. The number of rotatable bonds is 3. The van der Waals surface area contributed by atoms with Crippen molar-refractivity contribution >= 4 is 33.1 Å². The van der Waals surface area contributed by atoms with Crippen LogP contribution >= 0.6 is 11.3 Å². The zero-order chi connectivity index (χ0) is 15.3. The normalized spacial score (nSPS) is 23.8. The van der Waals surface area contributed by atoms with Crippen LogP contribution < -0.4 is 10.6 Å². The lowest BCUT2D eigenvalue weighted by Gasteiger charge is -2.11. The number of nitrogens with zero attached hydrogens (tertiary/aromatic N) is 1. The van der Waals surface area contributed by atoms with E-state index in [1.807, 2.05) is 12.1 Å². The van der Waals surface area contributed by atoms with Gasteiger partial charge in [0.25, 0.3) is 5.92 Å². The molecule has 4 rings (SSSR count). The minimum absolute atomic E-state index is 0.413. The van der Waals surface area contributed by atoms with E-state index in [2.05, 4.69) is 15.6 Å². The first-order valence-corrected chi connectivity index (χ1v) is 8.14. The fourth-order valence-corrected chi connectivity index (χ4v) is 3.83. The van der Waals surface area contributed by atoms with Crippen molar-refractivity contribution in [3.63, 3.8) is 0 Å². The predicted octanol–water partition coefficient (Wildman–Crippen LogP) is 3.11. The Bertz CT molecular complexity index is 741. The maximum atomic E-state index is 13.1. The molecule has 0 spiro atoms. The number of carbonyl (C=O) groups excluding carboxylic acids is 1. The van der Waals surface area contributed by atoms with Gasteiger partial charge in [-0.15, -0.1) is 11.3 Å². The second-order valence-electron chi connectivity index (χ2n) is 5.99. The summed E-state index contributed by atoms with van der Waals surface area (Å²) in [5, 5.41) is 6.42. The van der Waals surface area contributed by atoms with Crippen LogP contribution in [0, 0.1) is 0 Å². The highest BCUT2D eigenvalue weighted by molar-refractivity contribution is 7.18. The molecule has 0 radical (unpaired) electrons. The predicted molar refractivity (Wildman–Crippen MR) is 81.6 cm³/mol. The quantitative estimate of drug-likeness (QED) is 0.912. The molecule has 0 bridgehead atoms. The molecule has 7 heteroatoms. The first-order valence-electron chi connectivity index (χ1n) is 7.33. The summed E-state index contributed by atoms with van der Waals surface area (Å²) < 4.78 is 27.3. The number of alkyl halides is 2. The second-order valence-corrected chi connectivity index (χ2v) is 7.05. The molecule has 1 saturated carbocycles. The number of halogens is 2. The number of benzene rings is 1. The fraction of sp³-hybridized carbons (Fsp3) is 0.467. The monoisotopic (exact) mass is 323 g/mol. The van der Waals surface area contributed by atoms with Crippen LogP contribution in [0.25, 0.3) is 10.2 Å². The fourth-order valence-electron chi connectivity index (χ4n) is 2.66. The van der Waals surface area contributed by atoms with Gasteiger partial charge < -0.3 is 5.32 Å². The molecule has 1 unspecified atom stereocenters. The molecule has 1 aromatic heterocycles. The molecule has 116 valence electrons. The number of carbonyl (C=O) groups is 1. The van der Waals surface area contributed by atoms with E-state index in [0.29, 0.717) is 11.6 Å². The molecule has 1 aromatic carbocycles. The molecule has 1 atom stereocenters. The average molecular weight is 323 g/mol. The highest BCUT2D eigenvalue weighted by Crippen LogP contribution is 2.43. The molecule has 2 aliphatic rings. The molecule has 4 nitrogen and oxygen atoms in total. The first kappa shape index (κ1) is 14.0. The molecule has 2 N–H and O–H groups in total. The lowest BCUT2D eigenvalue weighted by Crippen LogP contribution is -2.35. The van der Waals surface area contributed by atoms with E-state index in [9.17, 15) is 13.6 Å². The first-order chi connectivity index (χ1) is 10.5. The van der Waals surface area contributed by atoms with E-state index in [-0.39, 0.29) is 0 Å². The summed E-state index contributed by atoms with van der Waals surface area (Å²) in [6.07, 6.45) is 1.95. The van der Waals surface area contributed by atoms with Crippen molar-refractivity contribution in [2.24, 2.45) is 0 Å². The van der Waals surface area contributed by atoms with Crippen LogP contribution in [0.2, 0.25) is 0 Å². The SMILES string of the molecule is O=C(Nc1ccc2nc(C3CC3)sc2c1)C1CC(F)(F)CN1. The molecule has 2 fully saturated rings. The van der Waals surface area contributed by atoms with Gasteiger partial charge in [-0.2, -0.15) is 0 Å². The van der Waals surface area contributed by atoms with Crippen molar-refractivity contribution < 1.29 is 13.6 Å². The van der Waals surface area contributed by atoms with Crippen LogP contribution in [0.15, 0.2) is 18.2 Å². The smallest absolute Gasteiger partial charge is 0.262 e. The van der Waals surface area contributed by atoms with E-state index in [1.165, 1.54) is 12.8 Å². The Morgan fingerprint density at radius 1 is 1.41 bits per heavy atom. The average Bonchev–Trinajstić information content (AvgIpc) is 3.13. The van der Waals surface area contributed by atoms with Crippen LogP contribution in [0.5, 0.6) is 0 Å². The minimum Gasteiger partial charge on any atom is -0.325 e. The molecular weight excluding hydrogens is 308 g/mol. The number of thiazole rings is 1. The van der Waals surface area contributed by atoms with Crippen molar-refractivity contribution in [3.05, 3.63) is 23.2 Å². The van der Waals surface area contributed by atoms with Gasteiger partial charge in [0.05, 0.1) is 27.8 Å². The van der Waals surface area contributed by atoms with Gasteiger partial charge in [0.2, 0.25) is 5.91 Å². The van der Waals surface area contributed by atoms with E-state index >= 15 is 0 Å². The van der Waals surface area contributed by atoms with Gasteiger partial charge in [-0.3, -0.25) is 10.1 Å². The molecule has 1 amide bonds. The summed E-state index contributed by atoms with van der Waals surface area (Å²) in [7, 11) is 0. The number of anilines is 1. The largest absolute Gasteiger partial charge is 0.325 e. The zero-order valence-electron chi connectivity index (χ0n) is 11.7. The lowest BCUT2D eigenvalue weighted by molar-refractivity contribution is -0.118. The van der Waals surface area contributed by atoms with Crippen LogP contribution in [0.4, 0.5) is 14.5 Å². The van der Waals surface area contributed by atoms with Crippen LogP contribution in [0.1, 0.15) is 30.2 Å². The summed E-state index contributed by atoms with van der Waals surface area (Å²) in [6.45, 7) is -0.441. The summed E-state index contributed by atoms with van der Waals surface area (Å²) >= 11 is 1.64. The van der Waals surface area contributed by atoms with Crippen LogP contribution in [-0.2, 0) is 4.79 Å². The summed E-state index contributed by atoms with van der Waals surface area (Å²) in [4.78, 5) is 16.6. The van der Waals surface area contributed by atoms with Gasteiger partial charge in [-0.05, 0) is 31.0 Å². The van der Waals surface area contributed by atoms with E-state index in [4.69, 9.17) is 0 Å². The molecular formula is C15H15F2N3OS. The Morgan fingerprint density at radius 2 is 2.23 bits per heavy atom. The van der Waals surface area contributed by atoms with Gasteiger partial charge in [0.1, 0.15) is 0 Å². The van der Waals surface area contributed by atoms with E-state index in [1.54, 1.807) is 17.4 Å². The lowest BCUT2D eigenvalue weighted by atomic mass is 10.2. The third-order valence-corrected chi connectivity index (χ3v) is 5.21. The summed E-state index contributed by atoms with van der Waals surface area (Å²) in [5.41, 5.74) is 1.55. The van der Waals surface area contributed by atoms with Gasteiger partial charge in [0.15, 0.2) is 0 Å². The standard InChI is InChI=1S/C15H15F2N3OS/c16-15(17)6-11(18-7-15)13(21)19-9-3-4-10-12(5-9)22-14(20-10)8-1-2-8/h3-5,8,11,18H,1-2,6-7H2,(H,19,21). The topological polar surface area (TPSA) is 54.0 Å². The van der Waals surface area contributed by atoms with Crippen molar-refractivity contribution in [1.82, 2.24) is 10.3 Å². The maximum Gasteiger partial charge on any atom is 0.262 e. The summed E-state index contributed by atoms with van der Waals surface area (Å²) in [6, 6.07) is 4.66. The van der Waals surface area contributed by atoms with Crippen molar-refractivity contribution in [1.29, 1.82) is 0 Å². The Labute approximate surface area is 129 Å². The highest BCUT2D eigenvalue weighted by atomic mass is 32.1. The summed E-state index contributed by atoms with van der Waals surface area (Å²) in [5.74, 6) is -2.62. The number of aromatic nitrogens is 1. The molecule has 2 heterocycles. The molecule has 2 aromatic rings. The van der Waals surface area contributed by atoms with Gasteiger partial charge in [-0.25, -0.2) is 13.8 Å². The van der Waals surface area contributed by atoms with E-state index < -0.39 is 30.8 Å². The van der Waals surface area contributed by atoms with Crippen molar-refractivity contribution in [3.8, 4) is 0 Å². The van der Waals surface area contributed by atoms with Gasteiger partial charge in [0, 0.05) is 18.0 Å². The second kappa shape index (κ2) is 4.96. The zero-order valence-corrected chi connectivity index (χ0v) is 12.6. The highest BCUT2D eigenvalue weighted by Gasteiger charge is 2.42. The molecule has 1 saturated heterocycles. The number of amides is 1. The molecule has 1 aliphatic carbocycles. The van der Waals surface area contributed by atoms with Crippen LogP contribution in [-0.4, -0.2) is 29.4 Å². The van der Waals surface area contributed by atoms with Crippen molar-refractivity contribution in [2.75, 3.05) is 11.9 Å². The number of hydrogen-bond donors (Lipinski definition) is 2. The Kier molecular flexibility index (Phi) is 3.16. The van der Waals surface area contributed by atoms with Crippen molar-refractivity contribution in [2.45, 2.75) is 37.1 Å². The number of hydrogen-bond acceptors (Lipinski definition) is 4. The van der Waals surface area contributed by atoms with Gasteiger partial charge in [-0.1, -0.05) is 0 Å². The third-order valence-electron chi connectivity index (χ3n) is 4.03. The Morgan fingerprint density at radius 3 is 2.91 bits per heavy atom. The maximum absolute atomic E-state index is 13.1. The Balaban J connectivity index is 1.50. The van der Waals surface area contributed by atoms with E-state index in [0.717, 1.165) is 15.2 Å².